The Morgan fingerprint density at radius 3 is 2.56 bits per heavy atom. The average molecular weight is 442 g/mol. The third-order valence-corrected chi connectivity index (χ3v) is 6.40. The van der Waals surface area contributed by atoms with Crippen molar-refractivity contribution in [1.29, 1.82) is 0 Å². The van der Waals surface area contributed by atoms with Gasteiger partial charge in [-0.3, -0.25) is 4.79 Å². The zero-order valence-electron chi connectivity index (χ0n) is 18.7. The van der Waals surface area contributed by atoms with Gasteiger partial charge in [0.05, 0.1) is 23.9 Å². The quantitative estimate of drug-likeness (QED) is 0.719. The van der Waals surface area contributed by atoms with Gasteiger partial charge in [0, 0.05) is 32.4 Å². The van der Waals surface area contributed by atoms with Crippen molar-refractivity contribution in [1.82, 2.24) is 24.7 Å². The van der Waals surface area contributed by atoms with Crippen molar-refractivity contribution in [3.8, 4) is 0 Å². The number of hydrogen-bond donors (Lipinski definition) is 1. The van der Waals surface area contributed by atoms with E-state index in [4.69, 9.17) is 4.74 Å². The molecule has 2 aliphatic heterocycles. The van der Waals surface area contributed by atoms with Crippen LogP contribution in [-0.2, 0) is 9.53 Å². The summed E-state index contributed by atoms with van der Waals surface area (Å²) in [6.45, 7) is 6.49. The monoisotopic (exact) mass is 441 g/mol. The maximum atomic E-state index is 12.9. The first-order valence-electron chi connectivity index (χ1n) is 11.5. The largest absolute Gasteiger partial charge is 0.464 e. The molecule has 2 aliphatic rings. The molecule has 2 saturated heterocycles. The Labute approximate surface area is 187 Å². The number of fused-ring (bicyclic) bond motifs is 1. The van der Waals surface area contributed by atoms with Gasteiger partial charge >= 0.3 is 12.0 Å². The van der Waals surface area contributed by atoms with Gasteiger partial charge < -0.3 is 19.9 Å². The SMILES string of the molecule is CCOC(=O)C(C)NC(=O)N1CCC(c2ccn3ncc(C(=O)N4CCCC4)c3c2)CC1. The molecule has 3 amide bonds. The predicted octanol–water partition coefficient (Wildman–Crippen LogP) is 2.41. The summed E-state index contributed by atoms with van der Waals surface area (Å²) in [7, 11) is 0. The predicted molar refractivity (Wildman–Crippen MR) is 119 cm³/mol. The van der Waals surface area contributed by atoms with E-state index in [1.807, 2.05) is 17.2 Å². The third-order valence-electron chi connectivity index (χ3n) is 6.40. The second kappa shape index (κ2) is 9.58. The van der Waals surface area contributed by atoms with Crippen LogP contribution in [0.2, 0.25) is 0 Å². The van der Waals surface area contributed by atoms with Gasteiger partial charge in [-0.1, -0.05) is 0 Å². The van der Waals surface area contributed by atoms with Crippen molar-refractivity contribution in [2.24, 2.45) is 0 Å². The fourth-order valence-corrected chi connectivity index (χ4v) is 4.52. The van der Waals surface area contributed by atoms with Gasteiger partial charge in [0.2, 0.25) is 0 Å². The normalized spacial score (nSPS) is 18.1. The molecule has 4 rings (SSSR count). The van der Waals surface area contributed by atoms with Crippen molar-refractivity contribution in [2.45, 2.75) is 51.5 Å². The number of ether oxygens (including phenoxy) is 1. The fourth-order valence-electron chi connectivity index (χ4n) is 4.52. The molecule has 2 fully saturated rings. The summed E-state index contributed by atoms with van der Waals surface area (Å²) in [4.78, 5) is 40.8. The minimum Gasteiger partial charge on any atom is -0.464 e. The molecule has 0 spiro atoms. The molecule has 1 atom stereocenters. The van der Waals surface area contributed by atoms with E-state index in [9.17, 15) is 14.4 Å². The van der Waals surface area contributed by atoms with Crippen LogP contribution in [0.4, 0.5) is 4.79 Å². The lowest BCUT2D eigenvalue weighted by Crippen LogP contribution is -2.49. The van der Waals surface area contributed by atoms with Crippen LogP contribution < -0.4 is 5.32 Å². The maximum absolute atomic E-state index is 12.9. The van der Waals surface area contributed by atoms with Crippen LogP contribution in [0, 0.1) is 0 Å². The Balaban J connectivity index is 1.39. The smallest absolute Gasteiger partial charge is 0.328 e. The molecular formula is C23H31N5O4. The fraction of sp³-hybridized carbons (Fsp3) is 0.565. The number of carbonyl (C=O) groups is 3. The number of rotatable bonds is 5. The summed E-state index contributed by atoms with van der Waals surface area (Å²) in [5.74, 6) is -0.0721. The van der Waals surface area contributed by atoms with Crippen LogP contribution in [0.3, 0.4) is 0 Å². The van der Waals surface area contributed by atoms with Gasteiger partial charge in [-0.25, -0.2) is 14.1 Å². The first kappa shape index (κ1) is 22.1. The minimum absolute atomic E-state index is 0.0526. The summed E-state index contributed by atoms with van der Waals surface area (Å²) in [6.07, 6.45) is 7.33. The highest BCUT2D eigenvalue weighted by Gasteiger charge is 2.27. The van der Waals surface area contributed by atoms with E-state index in [0.717, 1.165) is 49.9 Å². The van der Waals surface area contributed by atoms with E-state index < -0.39 is 12.0 Å². The highest BCUT2D eigenvalue weighted by Crippen LogP contribution is 2.30. The number of hydrogen-bond acceptors (Lipinski definition) is 5. The lowest BCUT2D eigenvalue weighted by molar-refractivity contribution is -0.144. The van der Waals surface area contributed by atoms with Crippen LogP contribution in [0.15, 0.2) is 24.5 Å². The zero-order valence-corrected chi connectivity index (χ0v) is 18.7. The van der Waals surface area contributed by atoms with Crippen LogP contribution in [0.5, 0.6) is 0 Å². The summed E-state index contributed by atoms with van der Waals surface area (Å²) in [5, 5.41) is 7.07. The van der Waals surface area contributed by atoms with Crippen molar-refractivity contribution in [3.05, 3.63) is 35.7 Å². The molecule has 1 N–H and O–H groups in total. The summed E-state index contributed by atoms with van der Waals surface area (Å²) in [6, 6.07) is 3.21. The lowest BCUT2D eigenvalue weighted by Gasteiger charge is -2.33. The molecule has 0 aromatic carbocycles. The Bertz CT molecular complexity index is 989. The molecule has 32 heavy (non-hydrogen) atoms. The number of nitrogens with zero attached hydrogens (tertiary/aromatic N) is 4. The number of amides is 3. The third kappa shape index (κ3) is 4.56. The Morgan fingerprint density at radius 2 is 1.88 bits per heavy atom. The molecule has 0 saturated carbocycles. The van der Waals surface area contributed by atoms with Crippen molar-refractivity contribution < 1.29 is 19.1 Å². The topological polar surface area (TPSA) is 96.2 Å². The number of nitrogens with one attached hydrogen (secondary N) is 1. The highest BCUT2D eigenvalue weighted by molar-refractivity contribution is 6.00. The van der Waals surface area contributed by atoms with Crippen molar-refractivity contribution >= 4 is 23.4 Å². The number of pyridine rings is 1. The van der Waals surface area contributed by atoms with Gasteiger partial charge in [0.15, 0.2) is 0 Å². The molecule has 1 unspecified atom stereocenters. The van der Waals surface area contributed by atoms with Crippen LogP contribution >= 0.6 is 0 Å². The molecule has 2 aromatic heterocycles. The number of carbonyl (C=O) groups excluding carboxylic acids is 3. The van der Waals surface area contributed by atoms with E-state index >= 15 is 0 Å². The zero-order chi connectivity index (χ0) is 22.7. The molecular weight excluding hydrogens is 410 g/mol. The van der Waals surface area contributed by atoms with Crippen LogP contribution in [-0.4, -0.2) is 76.1 Å². The molecule has 4 heterocycles. The molecule has 9 heteroatoms. The van der Waals surface area contributed by atoms with E-state index in [0.29, 0.717) is 24.6 Å². The van der Waals surface area contributed by atoms with E-state index in [1.165, 1.54) is 0 Å². The molecule has 0 bridgehead atoms. The summed E-state index contributed by atoms with van der Waals surface area (Å²) < 4.78 is 6.70. The first-order chi connectivity index (χ1) is 15.5. The Morgan fingerprint density at radius 1 is 1.16 bits per heavy atom. The van der Waals surface area contributed by atoms with Crippen molar-refractivity contribution in [3.63, 3.8) is 0 Å². The van der Waals surface area contributed by atoms with Gasteiger partial charge in [0.1, 0.15) is 6.04 Å². The molecule has 9 nitrogen and oxygen atoms in total. The van der Waals surface area contributed by atoms with Gasteiger partial charge in [-0.2, -0.15) is 5.10 Å². The van der Waals surface area contributed by atoms with Crippen LogP contribution in [0.25, 0.3) is 5.52 Å². The molecule has 0 radical (unpaired) electrons. The van der Waals surface area contributed by atoms with E-state index in [1.54, 1.807) is 29.5 Å². The molecule has 2 aromatic rings. The van der Waals surface area contributed by atoms with Gasteiger partial charge in [-0.05, 0) is 63.1 Å². The maximum Gasteiger partial charge on any atom is 0.328 e. The van der Waals surface area contributed by atoms with Gasteiger partial charge in [-0.15, -0.1) is 0 Å². The number of likely N-dealkylation sites (tertiary alicyclic amines) is 2. The summed E-state index contributed by atoms with van der Waals surface area (Å²) in [5.41, 5.74) is 2.65. The first-order valence-corrected chi connectivity index (χ1v) is 11.5. The number of urea groups is 1. The minimum atomic E-state index is -0.670. The molecule has 172 valence electrons. The number of piperidine rings is 1. The van der Waals surface area contributed by atoms with Crippen LogP contribution in [0.1, 0.15) is 61.4 Å². The molecule has 0 aliphatic carbocycles. The Kier molecular flexibility index (Phi) is 6.62. The highest BCUT2D eigenvalue weighted by atomic mass is 16.5. The Hall–Kier alpha value is -3.10. The number of aromatic nitrogens is 2. The van der Waals surface area contributed by atoms with Gasteiger partial charge in [0.25, 0.3) is 5.91 Å². The lowest BCUT2D eigenvalue weighted by atomic mass is 9.89. The standard InChI is InChI=1S/C23H31N5O4/c1-3-32-22(30)16(2)25-23(31)27-11-6-17(7-12-27)18-8-13-28-20(14-18)19(15-24-28)21(29)26-9-4-5-10-26/h8,13-17H,3-7,9-12H2,1-2H3,(H,25,31). The van der Waals surface area contributed by atoms with E-state index in [2.05, 4.69) is 16.5 Å². The average Bonchev–Trinajstić information content (AvgIpc) is 3.49. The van der Waals surface area contributed by atoms with E-state index in [-0.39, 0.29) is 18.5 Å². The summed E-state index contributed by atoms with van der Waals surface area (Å²) >= 11 is 0. The number of esters is 1. The van der Waals surface area contributed by atoms with Crippen molar-refractivity contribution in [2.75, 3.05) is 32.8 Å². The second-order valence-electron chi connectivity index (χ2n) is 8.53. The second-order valence-corrected chi connectivity index (χ2v) is 8.53.